The minimum absolute atomic E-state index is 0.149. The van der Waals surface area contributed by atoms with E-state index in [-0.39, 0.29) is 18.2 Å². The Morgan fingerprint density at radius 2 is 2.25 bits per heavy atom. The molecule has 1 aliphatic rings. The van der Waals surface area contributed by atoms with Gasteiger partial charge in [0.1, 0.15) is 6.10 Å². The third kappa shape index (κ3) is 2.01. The lowest BCUT2D eigenvalue weighted by atomic mass is 10.1. The predicted molar refractivity (Wildman–Crippen MR) is 59.9 cm³/mol. The number of nitrogens with zero attached hydrogens (tertiary/aromatic N) is 2. The fraction of sp³-hybridized carbons (Fsp3) is 0.500. The van der Waals surface area contributed by atoms with E-state index in [4.69, 9.17) is 4.74 Å². The zero-order chi connectivity index (χ0) is 11.5. The Kier molecular flexibility index (Phi) is 3.08. The maximum absolute atomic E-state index is 11.6. The highest BCUT2D eigenvalue weighted by Gasteiger charge is 2.34. The van der Waals surface area contributed by atoms with Gasteiger partial charge in [-0.05, 0) is 31.0 Å². The number of carbonyl (C=O) groups is 1. The minimum Gasteiger partial charge on any atom is -0.439 e. The number of hydrogen-bond donors (Lipinski definition) is 0. The molecule has 1 fully saturated rings. The van der Waals surface area contributed by atoms with Gasteiger partial charge in [0.2, 0.25) is 0 Å². The van der Waals surface area contributed by atoms with Crippen LogP contribution in [0.3, 0.4) is 0 Å². The number of ether oxygens (including phenoxy) is 1. The quantitative estimate of drug-likeness (QED) is 0.785. The number of cyclic esters (lactones) is 1. The van der Waals surface area contributed by atoms with Crippen LogP contribution in [0.1, 0.15) is 31.9 Å². The lowest BCUT2D eigenvalue weighted by Gasteiger charge is -2.19. The number of carbonyl (C=O) groups excluding carboxylic acids is 1. The molecule has 0 spiro atoms. The van der Waals surface area contributed by atoms with Crippen molar-refractivity contribution in [3.8, 4) is 0 Å². The van der Waals surface area contributed by atoms with Crippen molar-refractivity contribution < 1.29 is 9.53 Å². The molecule has 1 aromatic rings. The normalized spacial score (nSPS) is 22.0. The van der Waals surface area contributed by atoms with Crippen molar-refractivity contribution in [1.82, 2.24) is 9.88 Å². The predicted octanol–water partition coefficient (Wildman–Crippen LogP) is 2.37. The second-order valence-electron chi connectivity index (χ2n) is 4.06. The fourth-order valence-electron chi connectivity index (χ4n) is 1.81. The van der Waals surface area contributed by atoms with E-state index in [2.05, 4.69) is 11.9 Å². The molecule has 2 rings (SSSR count). The molecular weight excluding hydrogens is 204 g/mol. The largest absolute Gasteiger partial charge is 0.439 e. The summed E-state index contributed by atoms with van der Waals surface area (Å²) in [6.45, 7) is 4.74. The lowest BCUT2D eigenvalue weighted by molar-refractivity contribution is 0.128. The first-order valence-electron chi connectivity index (χ1n) is 5.59. The van der Waals surface area contributed by atoms with Gasteiger partial charge < -0.3 is 9.64 Å². The number of rotatable bonds is 3. The van der Waals surface area contributed by atoms with E-state index in [1.807, 2.05) is 19.1 Å². The Bertz CT molecular complexity index is 367. The SMILES string of the molecule is CCC(C)N1CC(c2ccncc2)OC1=O. The van der Waals surface area contributed by atoms with Gasteiger partial charge >= 0.3 is 6.09 Å². The van der Waals surface area contributed by atoms with E-state index in [0.29, 0.717) is 6.54 Å². The molecule has 1 aliphatic heterocycles. The Hall–Kier alpha value is -1.58. The Labute approximate surface area is 95.2 Å². The maximum Gasteiger partial charge on any atom is 0.410 e. The Balaban J connectivity index is 2.10. The first-order chi connectivity index (χ1) is 7.72. The van der Waals surface area contributed by atoms with Crippen LogP contribution in [0.15, 0.2) is 24.5 Å². The third-order valence-corrected chi connectivity index (χ3v) is 3.04. The monoisotopic (exact) mass is 220 g/mol. The Morgan fingerprint density at radius 1 is 1.56 bits per heavy atom. The average Bonchev–Trinajstić information content (AvgIpc) is 2.71. The highest BCUT2D eigenvalue weighted by atomic mass is 16.6. The van der Waals surface area contributed by atoms with Crippen LogP contribution in [-0.4, -0.2) is 28.6 Å². The van der Waals surface area contributed by atoms with Crippen molar-refractivity contribution >= 4 is 6.09 Å². The van der Waals surface area contributed by atoms with Crippen LogP contribution >= 0.6 is 0 Å². The molecule has 2 heterocycles. The summed E-state index contributed by atoms with van der Waals surface area (Å²) >= 11 is 0. The van der Waals surface area contributed by atoms with Crippen LogP contribution in [0.2, 0.25) is 0 Å². The zero-order valence-electron chi connectivity index (χ0n) is 9.59. The molecule has 1 aromatic heterocycles. The molecule has 1 saturated heterocycles. The summed E-state index contributed by atoms with van der Waals surface area (Å²) in [6, 6.07) is 4.01. The van der Waals surface area contributed by atoms with E-state index in [1.54, 1.807) is 17.3 Å². The first kappa shape index (κ1) is 10.9. The number of pyridine rings is 1. The van der Waals surface area contributed by atoms with Gasteiger partial charge in [-0.2, -0.15) is 0 Å². The van der Waals surface area contributed by atoms with Crippen LogP contribution in [0.4, 0.5) is 4.79 Å². The molecule has 4 nitrogen and oxygen atoms in total. The minimum atomic E-state index is -0.212. The molecule has 86 valence electrons. The summed E-state index contributed by atoms with van der Waals surface area (Å²) in [4.78, 5) is 17.4. The summed E-state index contributed by atoms with van der Waals surface area (Å²) < 4.78 is 5.34. The molecule has 16 heavy (non-hydrogen) atoms. The van der Waals surface area contributed by atoms with Gasteiger partial charge in [-0.3, -0.25) is 4.98 Å². The second-order valence-corrected chi connectivity index (χ2v) is 4.06. The van der Waals surface area contributed by atoms with E-state index >= 15 is 0 Å². The van der Waals surface area contributed by atoms with Crippen molar-refractivity contribution in [1.29, 1.82) is 0 Å². The zero-order valence-corrected chi connectivity index (χ0v) is 9.59. The van der Waals surface area contributed by atoms with Crippen molar-refractivity contribution in [2.45, 2.75) is 32.4 Å². The smallest absolute Gasteiger partial charge is 0.410 e. The van der Waals surface area contributed by atoms with E-state index < -0.39 is 0 Å². The van der Waals surface area contributed by atoms with E-state index in [1.165, 1.54) is 0 Å². The molecule has 1 amide bonds. The average molecular weight is 220 g/mol. The van der Waals surface area contributed by atoms with Crippen LogP contribution in [0.25, 0.3) is 0 Å². The van der Waals surface area contributed by atoms with Crippen LogP contribution in [0.5, 0.6) is 0 Å². The van der Waals surface area contributed by atoms with Crippen LogP contribution < -0.4 is 0 Å². The molecule has 0 aliphatic carbocycles. The van der Waals surface area contributed by atoms with Gasteiger partial charge in [-0.15, -0.1) is 0 Å². The number of hydrogen-bond acceptors (Lipinski definition) is 3. The summed E-state index contributed by atoms with van der Waals surface area (Å²) in [6.07, 6.45) is 4.02. The number of amides is 1. The van der Waals surface area contributed by atoms with Crippen molar-refractivity contribution in [3.63, 3.8) is 0 Å². The lowest BCUT2D eigenvalue weighted by Crippen LogP contribution is -2.33. The third-order valence-electron chi connectivity index (χ3n) is 3.04. The van der Waals surface area contributed by atoms with Gasteiger partial charge in [-0.1, -0.05) is 6.92 Å². The standard InChI is InChI=1S/C12H16N2O2/c1-3-9(2)14-8-11(16-12(14)15)10-4-6-13-7-5-10/h4-7,9,11H,3,8H2,1-2H3. The maximum atomic E-state index is 11.6. The molecule has 0 aromatic carbocycles. The van der Waals surface area contributed by atoms with E-state index in [9.17, 15) is 4.79 Å². The highest BCUT2D eigenvalue weighted by molar-refractivity contribution is 5.70. The molecule has 2 unspecified atom stereocenters. The molecular formula is C12H16N2O2. The molecule has 0 bridgehead atoms. The fourth-order valence-corrected chi connectivity index (χ4v) is 1.81. The van der Waals surface area contributed by atoms with Gasteiger partial charge in [0, 0.05) is 18.4 Å². The summed E-state index contributed by atoms with van der Waals surface area (Å²) in [5, 5.41) is 0. The highest BCUT2D eigenvalue weighted by Crippen LogP contribution is 2.27. The van der Waals surface area contributed by atoms with Crippen molar-refractivity contribution in [3.05, 3.63) is 30.1 Å². The molecule has 0 saturated carbocycles. The summed E-state index contributed by atoms with van der Waals surface area (Å²) in [7, 11) is 0. The van der Waals surface area contributed by atoms with Gasteiger partial charge in [-0.25, -0.2) is 4.79 Å². The topological polar surface area (TPSA) is 42.4 Å². The summed E-state index contributed by atoms with van der Waals surface area (Å²) in [5.41, 5.74) is 1.01. The van der Waals surface area contributed by atoms with Crippen molar-refractivity contribution in [2.75, 3.05) is 6.54 Å². The Morgan fingerprint density at radius 3 is 2.88 bits per heavy atom. The molecule has 4 heteroatoms. The van der Waals surface area contributed by atoms with Gasteiger partial charge in [0.05, 0.1) is 6.54 Å². The molecule has 0 N–H and O–H groups in total. The second kappa shape index (κ2) is 4.51. The molecule has 2 atom stereocenters. The van der Waals surface area contributed by atoms with Gasteiger partial charge in [0.25, 0.3) is 0 Å². The number of aromatic nitrogens is 1. The van der Waals surface area contributed by atoms with E-state index in [0.717, 1.165) is 12.0 Å². The molecule has 0 radical (unpaired) electrons. The van der Waals surface area contributed by atoms with Crippen molar-refractivity contribution in [2.24, 2.45) is 0 Å². The van der Waals surface area contributed by atoms with Gasteiger partial charge in [0.15, 0.2) is 0 Å². The van der Waals surface area contributed by atoms with Crippen LogP contribution in [-0.2, 0) is 4.74 Å². The first-order valence-corrected chi connectivity index (χ1v) is 5.59. The van der Waals surface area contributed by atoms with Crippen LogP contribution in [0, 0.1) is 0 Å². The summed E-state index contributed by atoms with van der Waals surface area (Å²) in [5.74, 6) is 0.